The zero-order chi connectivity index (χ0) is 33.5. The van der Waals surface area contributed by atoms with E-state index in [1.807, 2.05) is 12.1 Å². The summed E-state index contributed by atoms with van der Waals surface area (Å²) in [5.74, 6) is 0. The Hall–Kier alpha value is -2.25. The van der Waals surface area contributed by atoms with Gasteiger partial charge in [0.25, 0.3) is 0 Å². The Kier molecular flexibility index (Phi) is 10.5. The van der Waals surface area contributed by atoms with Crippen LogP contribution in [0.5, 0.6) is 0 Å². The van der Waals surface area contributed by atoms with E-state index < -0.39 is 21.3 Å². The van der Waals surface area contributed by atoms with Crippen molar-refractivity contribution >= 4 is 37.6 Å². The number of allylic oxidation sites excluding steroid dienone is 8. The van der Waals surface area contributed by atoms with Gasteiger partial charge in [0.2, 0.25) is 0 Å². The minimum Gasteiger partial charge on any atom is -1.00 e. The topological polar surface area (TPSA) is 0 Å². The largest absolute Gasteiger partial charge is 1.00 e. The molecule has 50 heavy (non-hydrogen) atoms. The maximum atomic E-state index is 6.79. The smallest absolute Gasteiger partial charge is 1.00 e. The monoisotopic (exact) mass is 812 g/mol. The van der Waals surface area contributed by atoms with E-state index in [4.69, 9.17) is 23.2 Å². The Bertz CT molecular complexity index is 2070. The molecule has 0 unspecified atom stereocenters. The fourth-order valence-electron chi connectivity index (χ4n) is 8.59. The van der Waals surface area contributed by atoms with E-state index in [0.717, 1.165) is 29.3 Å². The van der Waals surface area contributed by atoms with Crippen LogP contribution in [0.3, 0.4) is 0 Å². The minimum atomic E-state index is -2.93. The molecule has 0 spiro atoms. The summed E-state index contributed by atoms with van der Waals surface area (Å²) in [4.78, 5) is 0. The van der Waals surface area contributed by atoms with Crippen LogP contribution in [-0.2, 0) is 32.1 Å². The molecule has 0 amide bonds. The number of hydrogen-bond acceptors (Lipinski definition) is 0. The van der Waals surface area contributed by atoms with Crippen LogP contribution in [0.15, 0.2) is 106 Å². The summed E-state index contributed by atoms with van der Waals surface area (Å²) in [6.07, 6.45) is 15.1. The zero-order valence-corrected chi connectivity index (χ0v) is 35.0. The molecular weight excluding hydrogens is 774 g/mol. The summed E-state index contributed by atoms with van der Waals surface area (Å²) in [6.45, 7) is 14.3. The van der Waals surface area contributed by atoms with Crippen LogP contribution in [-0.4, -0.2) is 3.21 Å². The van der Waals surface area contributed by atoms with Crippen LogP contribution in [0.4, 0.5) is 0 Å². The van der Waals surface area contributed by atoms with Crippen LogP contribution in [0.2, 0.25) is 10.0 Å². The van der Waals surface area contributed by atoms with E-state index in [9.17, 15) is 0 Å². The summed E-state index contributed by atoms with van der Waals surface area (Å²) in [5.41, 5.74) is 17.2. The summed E-state index contributed by atoms with van der Waals surface area (Å²) < 4.78 is 3.41. The normalized spacial score (nSPS) is 17.4. The van der Waals surface area contributed by atoms with Gasteiger partial charge in [-0.3, -0.25) is 0 Å². The summed E-state index contributed by atoms with van der Waals surface area (Å²) in [7, 11) is 0. The first-order chi connectivity index (χ1) is 22.9. The van der Waals surface area contributed by atoms with Gasteiger partial charge in [0.05, 0.1) is 0 Å². The molecule has 0 heterocycles. The number of rotatable bonds is 4. The molecule has 0 bridgehead atoms. The molecule has 0 saturated heterocycles. The van der Waals surface area contributed by atoms with Gasteiger partial charge in [0.15, 0.2) is 0 Å². The molecule has 4 aromatic carbocycles. The van der Waals surface area contributed by atoms with Crippen molar-refractivity contribution < 1.29 is 46.1 Å². The number of hydrogen-bond donors (Lipinski definition) is 0. The maximum Gasteiger partial charge on any atom is -1.00 e. The van der Waals surface area contributed by atoms with Gasteiger partial charge in [-0.05, 0) is 0 Å². The van der Waals surface area contributed by atoms with Crippen LogP contribution >= 0.6 is 23.2 Å². The van der Waals surface area contributed by atoms with E-state index >= 15 is 0 Å². The van der Waals surface area contributed by atoms with E-state index in [2.05, 4.69) is 133 Å². The molecule has 0 saturated carbocycles. The molecule has 5 heteroatoms. The van der Waals surface area contributed by atoms with Crippen molar-refractivity contribution in [2.45, 2.75) is 75.3 Å². The van der Waals surface area contributed by atoms with Crippen molar-refractivity contribution in [3.8, 4) is 11.1 Å². The van der Waals surface area contributed by atoms with Gasteiger partial charge in [-0.2, -0.15) is 0 Å². The zero-order valence-electron chi connectivity index (χ0n) is 29.5. The first-order valence-electron chi connectivity index (χ1n) is 17.3. The van der Waals surface area contributed by atoms with Gasteiger partial charge in [-0.15, -0.1) is 0 Å². The number of fused-ring (bicyclic) bond motifs is 5. The van der Waals surface area contributed by atoms with Gasteiger partial charge >= 0.3 is 306 Å². The summed E-state index contributed by atoms with van der Waals surface area (Å²) >= 11 is 10.6. The van der Waals surface area contributed by atoms with Gasteiger partial charge < -0.3 is 24.8 Å². The third kappa shape index (κ3) is 6.28. The maximum absolute atomic E-state index is 6.79. The Balaban J connectivity index is 0.00000216. The molecule has 0 atom stereocenters. The molecule has 0 aliphatic heterocycles. The molecule has 4 aliphatic rings. The van der Waals surface area contributed by atoms with E-state index in [0.29, 0.717) is 3.63 Å². The van der Waals surface area contributed by atoms with Crippen molar-refractivity contribution in [2.24, 2.45) is 0 Å². The average molecular weight is 816 g/mol. The average Bonchev–Trinajstić information content (AvgIpc) is 3.69. The SMILES string of the molecule is CC1=CCC(C)(C)c2cc3c(cc21)-c1cc2c(cc1[CH]3[Zr+2]([C]1=CC=CC1)=[C](c1cccc(Cl)c1)c1cccc(Cl)c1)C(C)(C)CC=C2C.[Cl-].[Cl-]. The first kappa shape index (κ1) is 37.5. The van der Waals surface area contributed by atoms with E-state index in [-0.39, 0.29) is 35.6 Å². The molecule has 0 fully saturated rings. The van der Waals surface area contributed by atoms with Crippen LogP contribution in [0.25, 0.3) is 22.3 Å². The van der Waals surface area contributed by atoms with Gasteiger partial charge in [0, 0.05) is 0 Å². The van der Waals surface area contributed by atoms with Gasteiger partial charge in [-0.1, -0.05) is 0 Å². The Morgan fingerprint density at radius 3 is 1.56 bits per heavy atom. The van der Waals surface area contributed by atoms with Crippen molar-refractivity contribution in [3.63, 3.8) is 0 Å². The fraction of sp³-hybridized carbons (Fsp3) is 0.267. The van der Waals surface area contributed by atoms with Crippen LogP contribution in [0, 0.1) is 0 Å². The van der Waals surface area contributed by atoms with Crippen molar-refractivity contribution in [3.05, 3.63) is 161 Å². The van der Waals surface area contributed by atoms with Crippen LogP contribution < -0.4 is 24.8 Å². The number of halogens is 4. The van der Waals surface area contributed by atoms with E-state index in [1.54, 1.807) is 3.28 Å². The second-order valence-electron chi connectivity index (χ2n) is 15.5. The second kappa shape index (κ2) is 14.0. The molecule has 0 N–H and O–H groups in total. The third-order valence-electron chi connectivity index (χ3n) is 11.3. The van der Waals surface area contributed by atoms with Gasteiger partial charge in [-0.25, -0.2) is 0 Å². The third-order valence-corrected chi connectivity index (χ3v) is 20.1. The Labute approximate surface area is 328 Å². The molecule has 0 nitrogen and oxygen atoms in total. The molecule has 8 rings (SSSR count). The predicted octanol–water partition coefficient (Wildman–Crippen LogP) is 6.97. The quantitative estimate of drug-likeness (QED) is 0.209. The summed E-state index contributed by atoms with van der Waals surface area (Å²) in [5, 5.41) is 1.55. The predicted molar refractivity (Wildman–Crippen MR) is 204 cm³/mol. The standard InChI is InChI=1S/C27H29.C13H8Cl2.C5H5.2ClH.Zr/c1-16-7-9-26(3,4)24-12-18-11-19-13-25-21(17(2)8-10-27(25,5)6)15-23(19)22(18)14-20(16)24;14-12-5-1-3-10(8-12)7-11-4-2-6-13(15)9-11;1-2-4-5-3-1;;;/h7-8,11-15H,9-10H2,1-6H3;1-6,8-9H;1-3H,4H2;2*1H;/q;;;;;+2/p-2. The molecule has 0 aromatic heterocycles. The molecule has 254 valence electrons. The molecule has 0 radical (unpaired) electrons. The van der Waals surface area contributed by atoms with E-state index in [1.165, 1.54) is 70.0 Å². The molecular formula is C45H42Cl4Zr. The molecule has 4 aliphatic carbocycles. The second-order valence-corrected chi connectivity index (χ2v) is 22.6. The number of benzene rings is 4. The van der Waals surface area contributed by atoms with Crippen molar-refractivity contribution in [1.29, 1.82) is 0 Å². The molecule has 4 aromatic rings. The Morgan fingerprint density at radius 1 is 0.660 bits per heavy atom. The van der Waals surface area contributed by atoms with Crippen LogP contribution in [0.1, 0.15) is 109 Å². The Morgan fingerprint density at radius 2 is 1.14 bits per heavy atom. The fourth-order valence-corrected chi connectivity index (χ4v) is 17.9. The van der Waals surface area contributed by atoms with Gasteiger partial charge in [0.1, 0.15) is 0 Å². The first-order valence-corrected chi connectivity index (χ1v) is 21.9. The minimum absolute atomic E-state index is 0. The van der Waals surface area contributed by atoms with Crippen molar-refractivity contribution in [1.82, 2.24) is 0 Å². The van der Waals surface area contributed by atoms with Crippen molar-refractivity contribution in [2.75, 3.05) is 0 Å². The summed E-state index contributed by atoms with van der Waals surface area (Å²) in [6, 6.07) is 27.6.